The van der Waals surface area contributed by atoms with Crippen LogP contribution in [0.1, 0.15) is 19.8 Å². The smallest absolute Gasteiger partial charge is 0.378 e. The zero-order chi connectivity index (χ0) is 16.3. The van der Waals surface area contributed by atoms with Gasteiger partial charge in [0.05, 0.1) is 12.0 Å². The minimum Gasteiger partial charge on any atom is -0.378 e. The van der Waals surface area contributed by atoms with E-state index in [0.29, 0.717) is 17.6 Å². The summed E-state index contributed by atoms with van der Waals surface area (Å²) in [5.74, 6) is -0.821. The van der Waals surface area contributed by atoms with Crippen LogP contribution in [-0.4, -0.2) is 29.4 Å². The third-order valence-corrected chi connectivity index (χ3v) is 3.57. The molecular weight excluding hydrogens is 301 g/mol. The zero-order valence-electron chi connectivity index (χ0n) is 12.0. The van der Waals surface area contributed by atoms with Gasteiger partial charge in [-0.1, -0.05) is 0 Å². The number of amides is 1. The normalized spacial score (nSPS) is 22.4. The van der Waals surface area contributed by atoms with Crippen LogP contribution in [0.25, 0.3) is 0 Å². The molecule has 2 atom stereocenters. The second kappa shape index (κ2) is 6.51. The van der Waals surface area contributed by atoms with Gasteiger partial charge < -0.3 is 14.6 Å². The van der Waals surface area contributed by atoms with Crippen LogP contribution in [0.3, 0.4) is 0 Å². The average Bonchev–Trinajstić information content (AvgIpc) is 2.42. The largest absolute Gasteiger partial charge is 0.406 e. The van der Waals surface area contributed by atoms with Crippen LogP contribution >= 0.6 is 0 Å². The lowest BCUT2D eigenvalue weighted by atomic mass is 9.94. The number of nitrogens with one attached hydrogen (secondary N) is 1. The van der Waals surface area contributed by atoms with Gasteiger partial charge >= 0.3 is 6.18 Å². The van der Waals surface area contributed by atoms with Crippen molar-refractivity contribution in [1.29, 1.82) is 0 Å². The van der Waals surface area contributed by atoms with Crippen LogP contribution in [0.2, 0.25) is 0 Å². The van der Waals surface area contributed by atoms with E-state index >= 15 is 0 Å². The van der Waals surface area contributed by atoms with Crippen molar-refractivity contribution in [2.45, 2.75) is 38.6 Å². The summed E-state index contributed by atoms with van der Waals surface area (Å²) in [6.45, 7) is 0.948. The van der Waals surface area contributed by atoms with E-state index in [-0.39, 0.29) is 11.8 Å². The Balaban J connectivity index is 2.14. The summed E-state index contributed by atoms with van der Waals surface area (Å²) >= 11 is 0. The standard InChI is InChI=1S/C14H17F3N2O3/c1-9-10(4-3-7-22-9)12(20)18-11-5-2-6-19(13(11)21)8-14(15,16)17/h2,5-6,9-10H,3-4,7-8H2,1H3,(H,18,20)/t9-,10+/m1/s1. The molecule has 1 N–H and O–H groups in total. The third-order valence-electron chi connectivity index (χ3n) is 3.57. The number of nitrogens with zero attached hydrogens (tertiary/aromatic N) is 1. The van der Waals surface area contributed by atoms with Crippen LogP contribution in [0.5, 0.6) is 0 Å². The molecule has 1 aliphatic rings. The summed E-state index contributed by atoms with van der Waals surface area (Å²) in [4.78, 5) is 24.1. The van der Waals surface area contributed by atoms with E-state index in [0.717, 1.165) is 12.6 Å². The molecular formula is C14H17F3N2O3. The number of aromatic nitrogens is 1. The minimum atomic E-state index is -4.50. The highest BCUT2D eigenvalue weighted by Crippen LogP contribution is 2.22. The van der Waals surface area contributed by atoms with Gasteiger partial charge in [-0.3, -0.25) is 9.59 Å². The molecule has 0 aromatic carbocycles. The third kappa shape index (κ3) is 4.09. The molecule has 1 saturated heterocycles. The van der Waals surface area contributed by atoms with Gasteiger partial charge in [-0.2, -0.15) is 13.2 Å². The van der Waals surface area contributed by atoms with Crippen molar-refractivity contribution >= 4 is 11.6 Å². The van der Waals surface area contributed by atoms with Gasteiger partial charge in [0.1, 0.15) is 12.2 Å². The fourth-order valence-electron chi connectivity index (χ4n) is 2.44. The number of hydrogen-bond donors (Lipinski definition) is 1. The molecule has 1 aromatic rings. The van der Waals surface area contributed by atoms with Crippen molar-refractivity contribution < 1.29 is 22.7 Å². The Morgan fingerprint density at radius 3 is 2.86 bits per heavy atom. The highest BCUT2D eigenvalue weighted by atomic mass is 19.4. The molecule has 2 heterocycles. The topological polar surface area (TPSA) is 60.3 Å². The Bertz CT molecular complexity index is 598. The maximum atomic E-state index is 12.4. The lowest BCUT2D eigenvalue weighted by molar-refractivity contribution is -0.141. The second-order valence-corrected chi connectivity index (χ2v) is 5.28. The van der Waals surface area contributed by atoms with Gasteiger partial charge in [0.15, 0.2) is 0 Å². The number of pyridine rings is 1. The van der Waals surface area contributed by atoms with Crippen LogP contribution in [-0.2, 0) is 16.1 Å². The molecule has 1 aliphatic heterocycles. The first-order valence-corrected chi connectivity index (χ1v) is 6.96. The zero-order valence-corrected chi connectivity index (χ0v) is 12.0. The van der Waals surface area contributed by atoms with Crippen LogP contribution in [0.15, 0.2) is 23.1 Å². The maximum absolute atomic E-state index is 12.4. The van der Waals surface area contributed by atoms with E-state index in [1.807, 2.05) is 0 Å². The summed E-state index contributed by atoms with van der Waals surface area (Å²) in [7, 11) is 0. The molecule has 0 saturated carbocycles. The minimum absolute atomic E-state index is 0.158. The lowest BCUT2D eigenvalue weighted by Crippen LogP contribution is -2.38. The highest BCUT2D eigenvalue weighted by Gasteiger charge is 2.30. The maximum Gasteiger partial charge on any atom is 0.406 e. The number of carbonyl (C=O) groups excluding carboxylic acids is 1. The predicted octanol–water partition coefficient (Wildman–Crippen LogP) is 2.16. The van der Waals surface area contributed by atoms with E-state index in [4.69, 9.17) is 4.74 Å². The number of ether oxygens (including phenoxy) is 1. The average molecular weight is 318 g/mol. The monoisotopic (exact) mass is 318 g/mol. The first-order chi connectivity index (χ1) is 10.3. The second-order valence-electron chi connectivity index (χ2n) is 5.28. The number of rotatable bonds is 3. The molecule has 5 nitrogen and oxygen atoms in total. The summed E-state index contributed by atoms with van der Waals surface area (Å²) in [6, 6.07) is 2.59. The van der Waals surface area contributed by atoms with Crippen molar-refractivity contribution in [3.8, 4) is 0 Å². The SMILES string of the molecule is C[C@H]1OCCC[C@@H]1C(=O)Nc1cccn(CC(F)(F)F)c1=O. The van der Waals surface area contributed by atoms with Crippen molar-refractivity contribution in [3.05, 3.63) is 28.7 Å². The van der Waals surface area contributed by atoms with Gasteiger partial charge in [-0.15, -0.1) is 0 Å². The Morgan fingerprint density at radius 1 is 1.50 bits per heavy atom. The van der Waals surface area contributed by atoms with Crippen molar-refractivity contribution in [2.24, 2.45) is 5.92 Å². The molecule has 2 rings (SSSR count). The fourth-order valence-corrected chi connectivity index (χ4v) is 2.44. The Kier molecular flexibility index (Phi) is 4.90. The quantitative estimate of drug-likeness (QED) is 0.929. The summed E-state index contributed by atoms with van der Waals surface area (Å²) in [5, 5.41) is 2.42. The van der Waals surface area contributed by atoms with E-state index in [1.165, 1.54) is 12.1 Å². The van der Waals surface area contributed by atoms with Gasteiger partial charge in [-0.25, -0.2) is 0 Å². The summed E-state index contributed by atoms with van der Waals surface area (Å²) in [6.07, 6.45) is -2.39. The van der Waals surface area contributed by atoms with Crippen molar-refractivity contribution in [2.75, 3.05) is 11.9 Å². The highest BCUT2D eigenvalue weighted by molar-refractivity contribution is 5.92. The number of anilines is 1. The summed E-state index contributed by atoms with van der Waals surface area (Å²) < 4.78 is 43.1. The van der Waals surface area contributed by atoms with Crippen LogP contribution in [0.4, 0.5) is 18.9 Å². The van der Waals surface area contributed by atoms with Crippen molar-refractivity contribution in [1.82, 2.24) is 4.57 Å². The molecule has 1 aromatic heterocycles. The van der Waals surface area contributed by atoms with Crippen LogP contribution in [0, 0.1) is 5.92 Å². The Hall–Kier alpha value is -1.83. The fraction of sp³-hybridized carbons (Fsp3) is 0.571. The molecule has 0 bridgehead atoms. The van der Waals surface area contributed by atoms with E-state index in [9.17, 15) is 22.8 Å². The number of halogens is 3. The molecule has 1 amide bonds. The number of hydrogen-bond acceptors (Lipinski definition) is 3. The van der Waals surface area contributed by atoms with Crippen molar-refractivity contribution in [3.63, 3.8) is 0 Å². The number of carbonyl (C=O) groups is 1. The van der Waals surface area contributed by atoms with Crippen LogP contribution < -0.4 is 10.9 Å². The Morgan fingerprint density at radius 2 is 2.23 bits per heavy atom. The first-order valence-electron chi connectivity index (χ1n) is 6.96. The molecule has 0 aliphatic carbocycles. The van der Waals surface area contributed by atoms with Gasteiger partial charge in [0, 0.05) is 12.8 Å². The van der Waals surface area contributed by atoms with E-state index in [1.54, 1.807) is 6.92 Å². The first kappa shape index (κ1) is 16.5. The molecule has 8 heteroatoms. The van der Waals surface area contributed by atoms with E-state index < -0.39 is 30.1 Å². The van der Waals surface area contributed by atoms with Gasteiger partial charge in [0.25, 0.3) is 5.56 Å². The Labute approximate surface area is 125 Å². The van der Waals surface area contributed by atoms with Gasteiger partial charge in [0.2, 0.25) is 5.91 Å². The molecule has 0 spiro atoms. The number of alkyl halides is 3. The lowest BCUT2D eigenvalue weighted by Gasteiger charge is -2.27. The summed E-state index contributed by atoms with van der Waals surface area (Å²) in [5.41, 5.74) is -1.04. The molecule has 122 valence electrons. The van der Waals surface area contributed by atoms with E-state index in [2.05, 4.69) is 5.32 Å². The molecule has 22 heavy (non-hydrogen) atoms. The molecule has 0 radical (unpaired) electrons. The van der Waals surface area contributed by atoms with Gasteiger partial charge in [-0.05, 0) is 31.9 Å². The predicted molar refractivity (Wildman–Crippen MR) is 73.5 cm³/mol. The molecule has 0 unspecified atom stereocenters. The molecule has 1 fully saturated rings.